The van der Waals surface area contributed by atoms with Gasteiger partial charge in [0.05, 0.1) is 43.6 Å². The van der Waals surface area contributed by atoms with Crippen LogP contribution in [0.2, 0.25) is 10.0 Å². The highest BCUT2D eigenvalue weighted by atomic mass is 79.9. The fourth-order valence-electron chi connectivity index (χ4n) is 5.10. The fourth-order valence-corrected chi connectivity index (χ4v) is 5.42. The summed E-state index contributed by atoms with van der Waals surface area (Å²) in [6.45, 7) is 2.74. The Morgan fingerprint density at radius 2 is 1.76 bits per heavy atom. The zero-order chi connectivity index (χ0) is 25.6. The number of likely N-dealkylation sites (N-methyl/N-ethyl adjacent to an activating group) is 1. The Morgan fingerprint density at radius 3 is 2.46 bits per heavy atom. The molecular formula is C29H37BrCl2N2O3. The highest BCUT2D eigenvalue weighted by Gasteiger charge is 2.44. The summed E-state index contributed by atoms with van der Waals surface area (Å²) < 4.78 is 12.8. The predicted octanol–water partition coefficient (Wildman–Crippen LogP) is 3.64. The van der Waals surface area contributed by atoms with Gasteiger partial charge in [0.15, 0.2) is 11.4 Å². The van der Waals surface area contributed by atoms with Crippen molar-refractivity contribution in [2.75, 3.05) is 33.9 Å². The lowest BCUT2D eigenvalue weighted by atomic mass is 9.73. The Hall–Kier alpha value is -1.41. The van der Waals surface area contributed by atoms with E-state index in [1.807, 2.05) is 48.5 Å². The first kappa shape index (κ1) is 30.1. The molecule has 0 amide bonds. The minimum absolute atomic E-state index is 0. The molecular weight excluding hydrogens is 575 g/mol. The van der Waals surface area contributed by atoms with Gasteiger partial charge in [0.1, 0.15) is 13.1 Å². The number of ether oxygens (including phenoxy) is 1. The number of halogens is 3. The van der Waals surface area contributed by atoms with Crippen molar-refractivity contribution in [3.8, 4) is 0 Å². The van der Waals surface area contributed by atoms with E-state index in [0.29, 0.717) is 40.2 Å². The summed E-state index contributed by atoms with van der Waals surface area (Å²) in [4.78, 5) is 4.60. The van der Waals surface area contributed by atoms with E-state index >= 15 is 0 Å². The molecule has 3 aromatic rings. The number of hydrogen-bond donors (Lipinski definition) is 1. The van der Waals surface area contributed by atoms with Gasteiger partial charge in [-0.1, -0.05) is 78.9 Å². The number of rotatable bonds is 11. The lowest BCUT2D eigenvalue weighted by Crippen LogP contribution is -3.00. The van der Waals surface area contributed by atoms with Crippen molar-refractivity contribution in [1.82, 2.24) is 4.98 Å². The van der Waals surface area contributed by atoms with Crippen LogP contribution in [0.15, 0.2) is 59.1 Å². The van der Waals surface area contributed by atoms with Gasteiger partial charge in [-0.3, -0.25) is 0 Å². The topological polar surface area (TPSA) is 55.5 Å². The molecule has 1 N–H and O–H groups in total. The first-order valence-electron chi connectivity index (χ1n) is 12.8. The van der Waals surface area contributed by atoms with E-state index in [2.05, 4.69) is 19.1 Å². The molecule has 1 saturated carbocycles. The molecule has 0 aliphatic heterocycles. The predicted molar refractivity (Wildman–Crippen MR) is 144 cm³/mol. The minimum atomic E-state index is -1.20. The zero-order valence-corrected chi connectivity index (χ0v) is 24.7. The standard InChI is InChI=1S/C29H37Cl2N2O3.BrH/c1-33(2,16-18-35-17-15-22-13-14-26(30)27(31)19-22)21-25-20-32-28(36-25)29(34,23-9-5-3-6-10-23)24-11-7-4-8-12-24;/h3,5-6,9-10,13-14,19-20,24,34H,4,7-8,11-12,15-18,21H2,1-2H3;1H/q+1;/p-1/t29-;/m0./s1. The van der Waals surface area contributed by atoms with Crippen LogP contribution in [0.3, 0.4) is 0 Å². The van der Waals surface area contributed by atoms with Crippen molar-refractivity contribution in [3.05, 3.63) is 87.6 Å². The number of quaternary nitrogens is 1. The van der Waals surface area contributed by atoms with Gasteiger partial charge in [-0.2, -0.15) is 0 Å². The van der Waals surface area contributed by atoms with Gasteiger partial charge in [0.2, 0.25) is 5.89 Å². The maximum atomic E-state index is 12.0. The normalized spacial score (nSPS) is 16.2. The third kappa shape index (κ3) is 7.81. The summed E-state index contributed by atoms with van der Waals surface area (Å²) in [5.41, 5.74) is 0.760. The third-order valence-corrected chi connectivity index (χ3v) is 7.97. The van der Waals surface area contributed by atoms with Crippen LogP contribution in [0.5, 0.6) is 0 Å². The molecule has 0 saturated heterocycles. The summed E-state index contributed by atoms with van der Waals surface area (Å²) in [5, 5.41) is 13.2. The van der Waals surface area contributed by atoms with Crippen LogP contribution in [-0.4, -0.2) is 48.4 Å². The second-order valence-corrected chi connectivity index (χ2v) is 11.3. The number of hydrogen-bond acceptors (Lipinski definition) is 4. The number of oxazole rings is 1. The van der Waals surface area contributed by atoms with Crippen LogP contribution >= 0.6 is 23.2 Å². The molecule has 0 spiro atoms. The van der Waals surface area contributed by atoms with Gasteiger partial charge >= 0.3 is 0 Å². The van der Waals surface area contributed by atoms with Crippen LogP contribution in [0.4, 0.5) is 0 Å². The van der Waals surface area contributed by atoms with Crippen molar-refractivity contribution in [1.29, 1.82) is 0 Å². The van der Waals surface area contributed by atoms with E-state index in [1.54, 1.807) is 6.20 Å². The number of nitrogens with zero attached hydrogens (tertiary/aromatic N) is 2. The smallest absolute Gasteiger partial charge is 0.231 e. The van der Waals surface area contributed by atoms with E-state index in [1.165, 1.54) is 6.42 Å². The highest BCUT2D eigenvalue weighted by molar-refractivity contribution is 6.42. The van der Waals surface area contributed by atoms with E-state index < -0.39 is 5.60 Å². The van der Waals surface area contributed by atoms with Crippen LogP contribution < -0.4 is 17.0 Å². The molecule has 8 heteroatoms. The van der Waals surface area contributed by atoms with Crippen molar-refractivity contribution in [2.24, 2.45) is 5.92 Å². The van der Waals surface area contributed by atoms with Crippen molar-refractivity contribution in [2.45, 2.75) is 50.7 Å². The molecule has 1 atom stereocenters. The number of aliphatic hydroxyl groups is 1. The second-order valence-electron chi connectivity index (χ2n) is 10.5. The molecule has 5 nitrogen and oxygen atoms in total. The molecule has 1 aromatic heterocycles. The van der Waals surface area contributed by atoms with Gasteiger partial charge in [-0.05, 0) is 42.5 Å². The lowest BCUT2D eigenvalue weighted by Gasteiger charge is -2.36. The Bertz CT molecular complexity index is 1120. The zero-order valence-electron chi connectivity index (χ0n) is 21.6. The van der Waals surface area contributed by atoms with Gasteiger partial charge in [0.25, 0.3) is 0 Å². The summed E-state index contributed by atoms with van der Waals surface area (Å²) in [6, 6.07) is 15.5. The minimum Gasteiger partial charge on any atom is -1.00 e. The van der Waals surface area contributed by atoms with E-state index in [9.17, 15) is 5.11 Å². The summed E-state index contributed by atoms with van der Waals surface area (Å²) in [6.07, 6.45) is 7.99. The van der Waals surface area contributed by atoms with Crippen LogP contribution in [-0.2, 0) is 23.3 Å². The molecule has 37 heavy (non-hydrogen) atoms. The highest BCUT2D eigenvalue weighted by Crippen LogP contribution is 2.43. The maximum Gasteiger partial charge on any atom is 0.231 e. The molecule has 1 aliphatic carbocycles. The average molecular weight is 612 g/mol. The SMILES string of the molecule is C[N+](C)(CCOCCc1ccc(Cl)c(Cl)c1)Cc1cnc([C@](O)(c2ccccc2)C2CCCCC2)o1.[Br-]. The molecule has 0 unspecified atom stereocenters. The monoisotopic (exact) mass is 610 g/mol. The lowest BCUT2D eigenvalue weighted by molar-refractivity contribution is -0.904. The van der Waals surface area contributed by atoms with E-state index in [0.717, 1.165) is 55.5 Å². The van der Waals surface area contributed by atoms with Crippen molar-refractivity contribution >= 4 is 23.2 Å². The molecule has 1 fully saturated rings. The summed E-state index contributed by atoms with van der Waals surface area (Å²) in [5.74, 6) is 1.29. The Labute approximate surface area is 241 Å². The average Bonchev–Trinajstić information content (AvgIpc) is 3.34. The molecule has 4 rings (SSSR count). The quantitative estimate of drug-likeness (QED) is 0.266. The fraction of sp³-hybridized carbons (Fsp3) is 0.483. The largest absolute Gasteiger partial charge is 1.00 e. The molecule has 1 heterocycles. The number of benzene rings is 2. The first-order chi connectivity index (χ1) is 17.3. The number of aromatic nitrogens is 1. The summed E-state index contributed by atoms with van der Waals surface area (Å²) in [7, 11) is 4.30. The molecule has 0 radical (unpaired) electrons. The van der Waals surface area contributed by atoms with E-state index in [-0.39, 0.29) is 22.9 Å². The van der Waals surface area contributed by atoms with Gasteiger partial charge < -0.3 is 35.7 Å². The van der Waals surface area contributed by atoms with Crippen LogP contribution in [0.25, 0.3) is 0 Å². The van der Waals surface area contributed by atoms with Crippen molar-refractivity contribution in [3.63, 3.8) is 0 Å². The third-order valence-electron chi connectivity index (χ3n) is 7.23. The van der Waals surface area contributed by atoms with Crippen LogP contribution in [0, 0.1) is 5.92 Å². The maximum absolute atomic E-state index is 12.0. The first-order valence-corrected chi connectivity index (χ1v) is 13.6. The molecule has 1 aliphatic rings. The molecule has 202 valence electrons. The Morgan fingerprint density at radius 1 is 1.03 bits per heavy atom. The van der Waals surface area contributed by atoms with Gasteiger partial charge in [0, 0.05) is 5.92 Å². The van der Waals surface area contributed by atoms with Crippen LogP contribution in [0.1, 0.15) is 54.9 Å². The Kier molecular flexibility index (Phi) is 11.1. The second kappa shape index (κ2) is 13.6. The summed E-state index contributed by atoms with van der Waals surface area (Å²) >= 11 is 12.1. The molecule has 2 aromatic carbocycles. The Balaban J connectivity index is 0.00000380. The molecule has 0 bridgehead atoms. The van der Waals surface area contributed by atoms with Gasteiger partial charge in [-0.25, -0.2) is 4.98 Å². The van der Waals surface area contributed by atoms with Gasteiger partial charge in [-0.15, -0.1) is 0 Å². The van der Waals surface area contributed by atoms with E-state index in [4.69, 9.17) is 32.4 Å². The van der Waals surface area contributed by atoms with Crippen molar-refractivity contribution < 1.29 is 35.7 Å².